The van der Waals surface area contributed by atoms with Gasteiger partial charge < -0.3 is 5.11 Å². The van der Waals surface area contributed by atoms with Crippen LogP contribution in [-0.4, -0.2) is 18.8 Å². The maximum absolute atomic E-state index is 10.7. The molecule has 0 aliphatic rings. The third-order valence-corrected chi connectivity index (χ3v) is 11.0. The minimum atomic E-state index is -2.38. The molecular formula is C23H30OSi. The van der Waals surface area contributed by atoms with E-state index in [0.717, 1.165) is 5.20 Å². The molecule has 0 radical (unpaired) electrons. The molecule has 1 unspecified atom stereocenters. The van der Waals surface area contributed by atoms with Gasteiger partial charge in [-0.15, -0.1) is 13.2 Å². The van der Waals surface area contributed by atoms with Gasteiger partial charge in [0.25, 0.3) is 0 Å². The summed E-state index contributed by atoms with van der Waals surface area (Å²) < 4.78 is 0. The van der Waals surface area contributed by atoms with Crippen molar-refractivity contribution in [3.63, 3.8) is 0 Å². The molecule has 0 bridgehead atoms. The minimum absolute atomic E-state index is 0.00401. The van der Waals surface area contributed by atoms with Crippen LogP contribution in [-0.2, 0) is 0 Å². The molecule has 1 nitrogen and oxygen atoms in total. The molecule has 0 amide bonds. The average Bonchev–Trinajstić information content (AvgIpc) is 2.56. The summed E-state index contributed by atoms with van der Waals surface area (Å²) in [6.45, 7) is 17.0. The van der Waals surface area contributed by atoms with Crippen LogP contribution >= 0.6 is 0 Å². The van der Waals surface area contributed by atoms with E-state index < -0.39 is 13.7 Å². The third-order valence-electron chi connectivity index (χ3n) is 5.08. The van der Waals surface area contributed by atoms with Gasteiger partial charge in [0.15, 0.2) is 0 Å². The van der Waals surface area contributed by atoms with Crippen LogP contribution in [0.2, 0.25) is 5.04 Å². The highest BCUT2D eigenvalue weighted by atomic mass is 28.3. The molecule has 132 valence electrons. The highest BCUT2D eigenvalue weighted by molar-refractivity contribution is 7.09. The fraction of sp³-hybridized carbons (Fsp3) is 0.304. The molecule has 0 saturated carbocycles. The van der Waals surface area contributed by atoms with Crippen molar-refractivity contribution in [2.75, 3.05) is 0 Å². The Balaban J connectivity index is 2.78. The van der Waals surface area contributed by atoms with E-state index in [1.54, 1.807) is 6.08 Å². The molecule has 2 aromatic carbocycles. The van der Waals surface area contributed by atoms with Gasteiger partial charge in [-0.25, -0.2) is 0 Å². The van der Waals surface area contributed by atoms with Crippen molar-refractivity contribution in [1.29, 1.82) is 0 Å². The molecule has 0 fully saturated rings. The van der Waals surface area contributed by atoms with Crippen LogP contribution in [0.15, 0.2) is 85.1 Å². The van der Waals surface area contributed by atoms with Gasteiger partial charge in [-0.1, -0.05) is 92.7 Å². The Kier molecular flexibility index (Phi) is 5.55. The summed E-state index contributed by atoms with van der Waals surface area (Å²) in [5.41, 5.74) is -0.954. The van der Waals surface area contributed by atoms with E-state index in [0.29, 0.717) is 6.42 Å². The van der Waals surface area contributed by atoms with Crippen molar-refractivity contribution in [2.45, 2.75) is 44.8 Å². The van der Waals surface area contributed by atoms with Gasteiger partial charge >= 0.3 is 0 Å². The lowest BCUT2D eigenvalue weighted by Crippen LogP contribution is -2.66. The molecule has 25 heavy (non-hydrogen) atoms. The second kappa shape index (κ2) is 7.15. The van der Waals surface area contributed by atoms with Crippen LogP contribution in [0.1, 0.15) is 34.1 Å². The fourth-order valence-electron chi connectivity index (χ4n) is 3.98. The maximum Gasteiger partial charge on any atom is 0.149 e. The lowest BCUT2D eigenvalue weighted by atomic mass is 10.0. The SMILES string of the molecule is C=CC(C)(O)CC(=C)[Si](c1ccccc1)(c1ccccc1)C(C)(C)C. The average molecular weight is 351 g/mol. The monoisotopic (exact) mass is 350 g/mol. The van der Waals surface area contributed by atoms with E-state index in [1.165, 1.54) is 10.4 Å². The zero-order valence-corrected chi connectivity index (χ0v) is 16.9. The topological polar surface area (TPSA) is 20.2 Å². The van der Waals surface area contributed by atoms with Gasteiger partial charge in [-0.3, -0.25) is 0 Å². The van der Waals surface area contributed by atoms with E-state index in [4.69, 9.17) is 0 Å². The Bertz CT molecular complexity index is 684. The molecule has 1 N–H and O–H groups in total. The predicted molar refractivity (Wildman–Crippen MR) is 112 cm³/mol. The van der Waals surface area contributed by atoms with Gasteiger partial charge in [0.1, 0.15) is 8.07 Å². The summed E-state index contributed by atoms with van der Waals surface area (Å²) in [5, 5.41) is 14.5. The van der Waals surface area contributed by atoms with Gasteiger partial charge in [-0.05, 0) is 28.8 Å². The van der Waals surface area contributed by atoms with Gasteiger partial charge in [0, 0.05) is 0 Å². The predicted octanol–water partition coefficient (Wildman–Crippen LogP) is 4.47. The van der Waals surface area contributed by atoms with Crippen LogP contribution < -0.4 is 10.4 Å². The Labute approximate surface area is 153 Å². The second-order valence-electron chi connectivity index (χ2n) is 8.07. The molecular weight excluding hydrogens is 320 g/mol. The molecule has 0 aliphatic heterocycles. The van der Waals surface area contributed by atoms with Gasteiger partial charge in [-0.2, -0.15) is 0 Å². The fourth-order valence-corrected chi connectivity index (χ4v) is 9.93. The van der Waals surface area contributed by atoms with E-state index in [1.807, 2.05) is 6.92 Å². The highest BCUT2D eigenvalue weighted by Gasteiger charge is 2.50. The number of hydrogen-bond donors (Lipinski definition) is 1. The first-order chi connectivity index (χ1) is 11.6. The standard InChI is InChI=1S/C23H30OSi/c1-7-23(6,24)18-19(2)25(22(3,4)5,20-14-10-8-11-15-20)21-16-12-9-13-17-21/h7-17,24H,1-2,18H2,3-6H3. The Morgan fingerprint density at radius 3 is 1.64 bits per heavy atom. The summed E-state index contributed by atoms with van der Waals surface area (Å²) in [7, 11) is -2.38. The lowest BCUT2D eigenvalue weighted by molar-refractivity contribution is 0.114. The molecule has 2 heteroatoms. The normalized spacial score (nSPS) is 14.6. The summed E-state index contributed by atoms with van der Waals surface area (Å²) >= 11 is 0. The molecule has 0 heterocycles. The van der Waals surface area contributed by atoms with Crippen molar-refractivity contribution in [3.8, 4) is 0 Å². The molecule has 0 aliphatic carbocycles. The van der Waals surface area contributed by atoms with Crippen LogP contribution in [0.3, 0.4) is 0 Å². The molecule has 0 spiro atoms. The number of benzene rings is 2. The van der Waals surface area contributed by atoms with Crippen molar-refractivity contribution in [3.05, 3.63) is 85.1 Å². The van der Waals surface area contributed by atoms with E-state index in [9.17, 15) is 5.11 Å². The summed E-state index contributed by atoms with van der Waals surface area (Å²) in [6, 6.07) is 21.4. The number of rotatable bonds is 6. The van der Waals surface area contributed by atoms with Crippen molar-refractivity contribution >= 4 is 18.4 Å². The molecule has 0 aromatic heterocycles. The minimum Gasteiger partial charge on any atom is -0.386 e. The lowest BCUT2D eigenvalue weighted by Gasteiger charge is -2.46. The smallest absolute Gasteiger partial charge is 0.149 e. The second-order valence-corrected chi connectivity index (χ2v) is 12.9. The van der Waals surface area contributed by atoms with Crippen LogP contribution in [0.5, 0.6) is 0 Å². The van der Waals surface area contributed by atoms with Crippen molar-refractivity contribution in [2.24, 2.45) is 0 Å². The van der Waals surface area contributed by atoms with E-state index >= 15 is 0 Å². The Morgan fingerprint density at radius 1 is 0.920 bits per heavy atom. The molecule has 2 aromatic rings. The highest BCUT2D eigenvalue weighted by Crippen LogP contribution is 2.42. The van der Waals surface area contributed by atoms with Crippen molar-refractivity contribution < 1.29 is 5.11 Å². The zero-order chi connectivity index (χ0) is 18.7. The first-order valence-electron chi connectivity index (χ1n) is 8.80. The van der Waals surface area contributed by atoms with Gasteiger partial charge in [0.05, 0.1) is 5.60 Å². The van der Waals surface area contributed by atoms with Crippen molar-refractivity contribution in [1.82, 2.24) is 0 Å². The molecule has 2 rings (SSSR count). The van der Waals surface area contributed by atoms with Crippen LogP contribution in [0.4, 0.5) is 0 Å². The largest absolute Gasteiger partial charge is 0.386 e. The quantitative estimate of drug-likeness (QED) is 0.602. The molecule has 1 atom stereocenters. The summed E-state index contributed by atoms with van der Waals surface area (Å²) in [4.78, 5) is 0. The first kappa shape index (κ1) is 19.4. The van der Waals surface area contributed by atoms with Crippen LogP contribution in [0.25, 0.3) is 0 Å². The van der Waals surface area contributed by atoms with Gasteiger partial charge in [0.2, 0.25) is 0 Å². The molecule has 0 saturated heterocycles. The number of aliphatic hydroxyl groups is 1. The Morgan fingerprint density at radius 2 is 1.32 bits per heavy atom. The Hall–Kier alpha value is -1.90. The number of hydrogen-bond acceptors (Lipinski definition) is 1. The van der Waals surface area contributed by atoms with E-state index in [-0.39, 0.29) is 5.04 Å². The first-order valence-corrected chi connectivity index (χ1v) is 10.8. The summed E-state index contributed by atoms with van der Waals surface area (Å²) in [6.07, 6.45) is 2.14. The van der Waals surface area contributed by atoms with Crippen LogP contribution in [0, 0.1) is 0 Å². The maximum atomic E-state index is 10.7. The summed E-state index contributed by atoms with van der Waals surface area (Å²) in [5.74, 6) is 0. The zero-order valence-electron chi connectivity index (χ0n) is 15.9. The third kappa shape index (κ3) is 3.70. The van der Waals surface area contributed by atoms with E-state index in [2.05, 4.69) is 94.6 Å².